The number of rotatable bonds is 4. The summed E-state index contributed by atoms with van der Waals surface area (Å²) in [4.78, 5) is 10.3. The van der Waals surface area contributed by atoms with Crippen LogP contribution in [0.5, 0.6) is 0 Å². The molecule has 0 heterocycles. The van der Waals surface area contributed by atoms with Gasteiger partial charge in [-0.2, -0.15) is 0 Å². The third-order valence-electron chi connectivity index (χ3n) is 1.23. The second-order valence-electron chi connectivity index (χ2n) is 2.55. The Kier molecular flexibility index (Phi) is 15.6. The lowest BCUT2D eigenvalue weighted by Crippen LogP contribution is -2.02. The van der Waals surface area contributed by atoms with Crippen LogP contribution in [0.25, 0.3) is 0 Å². The molecule has 2 heteroatoms. The quantitative estimate of drug-likeness (QED) is 0.497. The van der Waals surface area contributed by atoms with E-state index in [2.05, 4.69) is 19.1 Å². The Hall–Kier alpha value is -0.790. The minimum absolute atomic E-state index is 0.105. The molecule has 0 fully saturated rings. The molecular weight excluding hydrogens is 164 g/mol. The van der Waals surface area contributed by atoms with E-state index in [-0.39, 0.29) is 5.97 Å². The number of esters is 1. The molecule has 0 radical (unpaired) electrons. The van der Waals surface area contributed by atoms with Crippen LogP contribution >= 0.6 is 0 Å². The van der Waals surface area contributed by atoms with Gasteiger partial charge in [-0.1, -0.05) is 32.9 Å². The van der Waals surface area contributed by atoms with Crippen LogP contribution in [0.3, 0.4) is 0 Å². The minimum atomic E-state index is -0.105. The van der Waals surface area contributed by atoms with Gasteiger partial charge in [0, 0.05) is 6.42 Å². The van der Waals surface area contributed by atoms with Gasteiger partial charge in [0.15, 0.2) is 0 Å². The van der Waals surface area contributed by atoms with Gasteiger partial charge in [0.05, 0.1) is 6.61 Å². The van der Waals surface area contributed by atoms with Crippen LogP contribution in [0.4, 0.5) is 0 Å². The second-order valence-corrected chi connectivity index (χ2v) is 2.55. The molecule has 0 saturated heterocycles. The average Bonchev–Trinajstić information content (AvgIpc) is 2.16. The molecule has 0 aliphatic carbocycles. The zero-order chi connectivity index (χ0) is 10.5. The lowest BCUT2D eigenvalue weighted by atomic mass is 10.4. The summed E-state index contributed by atoms with van der Waals surface area (Å²) in [7, 11) is 0. The molecule has 13 heavy (non-hydrogen) atoms. The first kappa shape index (κ1) is 14.7. The standard InChI is InChI=1S/C6H12O2.C5H10/c1-3-5-8-6(7)4-2;1-3-5-4-2/h3-5H2,1-2H3;3,5H,4H2,1-2H3. The highest BCUT2D eigenvalue weighted by Crippen LogP contribution is 1.85. The molecule has 0 saturated carbocycles. The fourth-order valence-electron chi connectivity index (χ4n) is 0.554. The average molecular weight is 186 g/mol. The van der Waals surface area contributed by atoms with Crippen LogP contribution in [0.15, 0.2) is 12.2 Å². The van der Waals surface area contributed by atoms with Crippen LogP contribution in [-0.2, 0) is 9.53 Å². The van der Waals surface area contributed by atoms with E-state index in [9.17, 15) is 4.79 Å². The summed E-state index contributed by atoms with van der Waals surface area (Å²) in [6, 6.07) is 0. The van der Waals surface area contributed by atoms with Gasteiger partial charge in [-0.3, -0.25) is 4.79 Å². The first-order valence-electron chi connectivity index (χ1n) is 4.99. The summed E-state index contributed by atoms with van der Waals surface area (Å²) >= 11 is 0. The molecule has 0 spiro atoms. The Morgan fingerprint density at radius 3 is 2.15 bits per heavy atom. The van der Waals surface area contributed by atoms with Crippen LogP contribution in [0.1, 0.15) is 47.0 Å². The van der Waals surface area contributed by atoms with Gasteiger partial charge in [0.2, 0.25) is 0 Å². The van der Waals surface area contributed by atoms with E-state index in [1.807, 2.05) is 13.8 Å². The van der Waals surface area contributed by atoms with E-state index in [0.29, 0.717) is 13.0 Å². The predicted molar refractivity (Wildman–Crippen MR) is 56.6 cm³/mol. The van der Waals surface area contributed by atoms with Gasteiger partial charge in [0.25, 0.3) is 0 Å². The zero-order valence-electron chi connectivity index (χ0n) is 9.30. The molecule has 0 aromatic heterocycles. The first-order valence-corrected chi connectivity index (χ1v) is 4.99. The van der Waals surface area contributed by atoms with E-state index in [1.54, 1.807) is 6.92 Å². The van der Waals surface area contributed by atoms with Crippen molar-refractivity contribution in [2.45, 2.75) is 47.0 Å². The van der Waals surface area contributed by atoms with Crippen molar-refractivity contribution in [3.63, 3.8) is 0 Å². The largest absolute Gasteiger partial charge is 0.466 e. The van der Waals surface area contributed by atoms with Gasteiger partial charge < -0.3 is 4.74 Å². The number of ether oxygens (including phenoxy) is 1. The van der Waals surface area contributed by atoms with Crippen molar-refractivity contribution in [1.82, 2.24) is 0 Å². The molecule has 0 aromatic rings. The smallest absolute Gasteiger partial charge is 0.305 e. The van der Waals surface area contributed by atoms with E-state index in [1.165, 1.54) is 0 Å². The summed E-state index contributed by atoms with van der Waals surface area (Å²) in [5, 5.41) is 0. The fraction of sp³-hybridized carbons (Fsp3) is 0.727. The van der Waals surface area contributed by atoms with Crippen LogP contribution in [-0.4, -0.2) is 12.6 Å². The number of allylic oxidation sites excluding steroid dienone is 2. The number of hydrogen-bond donors (Lipinski definition) is 0. The second kappa shape index (κ2) is 13.8. The maximum atomic E-state index is 10.3. The third kappa shape index (κ3) is 18.3. The Balaban J connectivity index is 0. The van der Waals surface area contributed by atoms with Crippen molar-refractivity contribution >= 4 is 5.97 Å². The molecule has 0 bridgehead atoms. The van der Waals surface area contributed by atoms with Crippen molar-refractivity contribution in [3.8, 4) is 0 Å². The minimum Gasteiger partial charge on any atom is -0.466 e. The Bertz CT molecular complexity index is 128. The van der Waals surface area contributed by atoms with E-state index in [0.717, 1.165) is 12.8 Å². The van der Waals surface area contributed by atoms with Crippen LogP contribution in [0.2, 0.25) is 0 Å². The third-order valence-corrected chi connectivity index (χ3v) is 1.23. The summed E-state index contributed by atoms with van der Waals surface area (Å²) in [5.41, 5.74) is 0. The highest BCUT2D eigenvalue weighted by molar-refractivity contribution is 5.68. The zero-order valence-corrected chi connectivity index (χ0v) is 9.30. The number of carbonyl (C=O) groups is 1. The lowest BCUT2D eigenvalue weighted by molar-refractivity contribution is -0.143. The van der Waals surface area contributed by atoms with Crippen molar-refractivity contribution in [1.29, 1.82) is 0 Å². The molecule has 0 N–H and O–H groups in total. The van der Waals surface area contributed by atoms with Gasteiger partial charge in [-0.25, -0.2) is 0 Å². The van der Waals surface area contributed by atoms with E-state index < -0.39 is 0 Å². The maximum Gasteiger partial charge on any atom is 0.305 e. The summed E-state index contributed by atoms with van der Waals surface area (Å²) < 4.78 is 4.70. The van der Waals surface area contributed by atoms with Gasteiger partial charge in [0.1, 0.15) is 0 Å². The van der Waals surface area contributed by atoms with Crippen LogP contribution < -0.4 is 0 Å². The molecular formula is C11H22O2. The Morgan fingerprint density at radius 1 is 1.31 bits per heavy atom. The molecule has 0 rings (SSSR count). The van der Waals surface area contributed by atoms with E-state index in [4.69, 9.17) is 4.74 Å². The lowest BCUT2D eigenvalue weighted by Gasteiger charge is -1.97. The molecule has 0 amide bonds. The monoisotopic (exact) mass is 186 g/mol. The number of hydrogen-bond acceptors (Lipinski definition) is 2. The summed E-state index contributed by atoms with van der Waals surface area (Å²) in [6.07, 6.45) is 6.74. The van der Waals surface area contributed by atoms with Crippen molar-refractivity contribution in [2.24, 2.45) is 0 Å². The summed E-state index contributed by atoms with van der Waals surface area (Å²) in [6.45, 7) is 8.48. The highest BCUT2D eigenvalue weighted by atomic mass is 16.5. The topological polar surface area (TPSA) is 26.3 Å². The van der Waals surface area contributed by atoms with Crippen molar-refractivity contribution in [2.75, 3.05) is 6.61 Å². The molecule has 0 aliphatic heterocycles. The first-order chi connectivity index (χ1) is 6.22. The Morgan fingerprint density at radius 2 is 1.92 bits per heavy atom. The van der Waals surface area contributed by atoms with E-state index >= 15 is 0 Å². The Labute approximate surface area is 82.0 Å². The molecule has 0 aromatic carbocycles. The molecule has 2 nitrogen and oxygen atoms in total. The molecule has 78 valence electrons. The van der Waals surface area contributed by atoms with Gasteiger partial charge in [-0.15, -0.1) is 0 Å². The normalized spacial score (nSPS) is 9.23. The predicted octanol–water partition coefficient (Wildman–Crippen LogP) is 3.32. The molecule has 0 aliphatic rings. The highest BCUT2D eigenvalue weighted by Gasteiger charge is 1.93. The van der Waals surface area contributed by atoms with Crippen molar-refractivity contribution < 1.29 is 9.53 Å². The molecule has 0 unspecified atom stereocenters. The maximum absolute atomic E-state index is 10.3. The summed E-state index contributed by atoms with van der Waals surface area (Å²) in [5.74, 6) is -0.105. The van der Waals surface area contributed by atoms with Crippen LogP contribution in [0, 0.1) is 0 Å². The SMILES string of the molecule is CC=CCC.CCCOC(=O)CC. The van der Waals surface area contributed by atoms with Crippen molar-refractivity contribution in [3.05, 3.63) is 12.2 Å². The van der Waals surface area contributed by atoms with Gasteiger partial charge in [-0.05, 0) is 19.8 Å². The number of carbonyl (C=O) groups excluding carboxylic acids is 1. The molecule has 0 atom stereocenters. The fourth-order valence-corrected chi connectivity index (χ4v) is 0.554. The van der Waals surface area contributed by atoms with Gasteiger partial charge >= 0.3 is 5.97 Å².